The van der Waals surface area contributed by atoms with E-state index in [1.54, 1.807) is 17.4 Å². The number of thiophene rings is 1. The lowest BCUT2D eigenvalue weighted by molar-refractivity contribution is 0.545. The van der Waals surface area contributed by atoms with Crippen LogP contribution in [0.1, 0.15) is 31.2 Å². The predicted octanol–water partition coefficient (Wildman–Crippen LogP) is 6.44. The van der Waals surface area contributed by atoms with Crippen molar-refractivity contribution in [2.45, 2.75) is 26.3 Å². The molecule has 0 spiro atoms. The second-order valence-corrected chi connectivity index (χ2v) is 6.80. The molecule has 5 heteroatoms. The van der Waals surface area contributed by atoms with Gasteiger partial charge in [0.15, 0.2) is 0 Å². The molecule has 0 aliphatic heterocycles. The number of rotatable bonds is 5. The lowest BCUT2D eigenvalue weighted by Gasteiger charge is -2.13. The van der Waals surface area contributed by atoms with Crippen LogP contribution in [0.25, 0.3) is 10.4 Å². The Kier molecular flexibility index (Phi) is 5.76. The third-order valence-electron chi connectivity index (χ3n) is 3.10. The van der Waals surface area contributed by atoms with Crippen molar-refractivity contribution in [1.82, 2.24) is 5.32 Å². The first-order valence-corrected chi connectivity index (χ1v) is 8.49. The molecule has 2 aromatic rings. The van der Waals surface area contributed by atoms with Crippen molar-refractivity contribution in [1.29, 1.82) is 0 Å². The molecule has 1 nitrogen and oxygen atoms in total. The molecule has 0 aliphatic rings. The summed E-state index contributed by atoms with van der Waals surface area (Å²) in [4.78, 5) is 2.42. The van der Waals surface area contributed by atoms with Gasteiger partial charge in [-0.2, -0.15) is 0 Å². The van der Waals surface area contributed by atoms with Gasteiger partial charge in [0.25, 0.3) is 0 Å². The average Bonchev–Trinajstić information content (AvgIpc) is 2.89. The van der Waals surface area contributed by atoms with Gasteiger partial charge < -0.3 is 5.32 Å². The number of nitrogens with one attached hydrogen (secondary N) is 1. The molecule has 0 amide bonds. The van der Waals surface area contributed by atoms with Crippen LogP contribution in [0.3, 0.4) is 0 Å². The quantitative estimate of drug-likeness (QED) is 0.613. The molecule has 1 unspecified atom stereocenters. The summed E-state index contributed by atoms with van der Waals surface area (Å²) in [6, 6.07) is 8.15. The summed E-state index contributed by atoms with van der Waals surface area (Å²) < 4.78 is 0. The molecule has 0 saturated heterocycles. The third-order valence-corrected chi connectivity index (χ3v) is 5.37. The van der Waals surface area contributed by atoms with E-state index in [9.17, 15) is 0 Å². The van der Waals surface area contributed by atoms with Crippen LogP contribution in [0.2, 0.25) is 15.1 Å². The second-order valence-electron chi connectivity index (χ2n) is 4.47. The molecule has 0 fully saturated rings. The van der Waals surface area contributed by atoms with Gasteiger partial charge in [-0.3, -0.25) is 0 Å². The first kappa shape index (κ1) is 16.1. The van der Waals surface area contributed by atoms with E-state index in [1.807, 2.05) is 6.07 Å². The number of halogens is 3. The molecule has 1 heterocycles. The Hall–Kier alpha value is -0.250. The van der Waals surface area contributed by atoms with E-state index in [0.717, 1.165) is 23.4 Å². The summed E-state index contributed by atoms with van der Waals surface area (Å²) in [5.74, 6) is 0. The lowest BCUT2D eigenvalue weighted by atomic mass is 10.1. The van der Waals surface area contributed by atoms with Gasteiger partial charge in [-0.15, -0.1) is 11.3 Å². The molecular formula is C15H16Cl3NS. The highest BCUT2D eigenvalue weighted by molar-refractivity contribution is 7.15. The molecule has 0 saturated carbocycles. The smallest absolute Gasteiger partial charge is 0.0607 e. The Bertz CT molecular complexity index is 595. The van der Waals surface area contributed by atoms with Gasteiger partial charge in [0.1, 0.15) is 0 Å². The summed E-state index contributed by atoms with van der Waals surface area (Å²) in [7, 11) is 0. The Morgan fingerprint density at radius 1 is 1.05 bits per heavy atom. The summed E-state index contributed by atoms with van der Waals surface area (Å²) in [6.45, 7) is 5.26. The molecule has 1 aromatic carbocycles. The highest BCUT2D eigenvalue weighted by Gasteiger charge is 2.14. The van der Waals surface area contributed by atoms with Crippen LogP contribution < -0.4 is 5.32 Å². The van der Waals surface area contributed by atoms with Crippen LogP contribution in [0.15, 0.2) is 24.3 Å². The SMILES string of the molecule is CCNC(CC)c1ccc(-c2cc(Cl)c(Cl)cc2Cl)s1. The van der Waals surface area contributed by atoms with Crippen molar-refractivity contribution < 1.29 is 0 Å². The fourth-order valence-corrected chi connectivity index (χ4v) is 3.99. The van der Waals surface area contributed by atoms with Crippen LogP contribution in [0, 0.1) is 0 Å². The molecule has 1 aromatic heterocycles. The van der Waals surface area contributed by atoms with E-state index in [2.05, 4.69) is 31.3 Å². The van der Waals surface area contributed by atoms with Crippen molar-refractivity contribution >= 4 is 46.1 Å². The standard InChI is InChI=1S/C15H16Cl3NS/c1-3-13(19-4-2)15-6-5-14(20-15)9-7-11(17)12(18)8-10(9)16/h5-8,13,19H,3-4H2,1-2H3. The van der Waals surface area contributed by atoms with Crippen LogP contribution >= 0.6 is 46.1 Å². The highest BCUT2D eigenvalue weighted by Crippen LogP contribution is 2.39. The molecule has 0 aliphatic carbocycles. The van der Waals surface area contributed by atoms with Crippen molar-refractivity contribution in [3.05, 3.63) is 44.2 Å². The van der Waals surface area contributed by atoms with Gasteiger partial charge in [0.05, 0.1) is 15.1 Å². The van der Waals surface area contributed by atoms with E-state index >= 15 is 0 Å². The Balaban J connectivity index is 2.35. The molecule has 1 N–H and O–H groups in total. The first-order chi connectivity index (χ1) is 9.56. The van der Waals surface area contributed by atoms with Crippen molar-refractivity contribution in [2.24, 2.45) is 0 Å². The lowest BCUT2D eigenvalue weighted by Crippen LogP contribution is -2.18. The maximum absolute atomic E-state index is 6.27. The van der Waals surface area contributed by atoms with Gasteiger partial charge in [-0.1, -0.05) is 48.7 Å². The zero-order valence-electron chi connectivity index (χ0n) is 11.3. The van der Waals surface area contributed by atoms with E-state index in [4.69, 9.17) is 34.8 Å². The zero-order chi connectivity index (χ0) is 14.7. The van der Waals surface area contributed by atoms with Crippen molar-refractivity contribution in [3.8, 4) is 10.4 Å². The van der Waals surface area contributed by atoms with Crippen LogP contribution in [0.5, 0.6) is 0 Å². The van der Waals surface area contributed by atoms with Gasteiger partial charge in [-0.25, -0.2) is 0 Å². The monoisotopic (exact) mass is 347 g/mol. The Morgan fingerprint density at radius 3 is 2.40 bits per heavy atom. The summed E-state index contributed by atoms with van der Waals surface area (Å²) >= 11 is 20.1. The maximum Gasteiger partial charge on any atom is 0.0607 e. The summed E-state index contributed by atoms with van der Waals surface area (Å²) in [6.07, 6.45) is 1.06. The van der Waals surface area contributed by atoms with Crippen LogP contribution in [0.4, 0.5) is 0 Å². The average molecular weight is 349 g/mol. The van der Waals surface area contributed by atoms with E-state index in [1.165, 1.54) is 4.88 Å². The topological polar surface area (TPSA) is 12.0 Å². The number of benzene rings is 1. The van der Waals surface area contributed by atoms with Gasteiger partial charge in [0.2, 0.25) is 0 Å². The second kappa shape index (κ2) is 7.15. The zero-order valence-corrected chi connectivity index (χ0v) is 14.4. The van der Waals surface area contributed by atoms with Crippen LogP contribution in [-0.4, -0.2) is 6.54 Å². The molecule has 2 rings (SSSR count). The fourth-order valence-electron chi connectivity index (χ4n) is 2.09. The molecule has 1 atom stereocenters. The molecule has 0 bridgehead atoms. The Morgan fingerprint density at radius 2 is 1.75 bits per heavy atom. The first-order valence-electron chi connectivity index (χ1n) is 6.54. The van der Waals surface area contributed by atoms with Gasteiger partial charge in [0, 0.05) is 21.4 Å². The van der Waals surface area contributed by atoms with Crippen molar-refractivity contribution in [3.63, 3.8) is 0 Å². The molecular weight excluding hydrogens is 333 g/mol. The van der Waals surface area contributed by atoms with Crippen molar-refractivity contribution in [2.75, 3.05) is 6.54 Å². The minimum absolute atomic E-state index is 0.389. The fraction of sp³-hybridized carbons (Fsp3) is 0.333. The normalized spacial score (nSPS) is 12.7. The Labute approximate surface area is 138 Å². The van der Waals surface area contributed by atoms with Crippen LogP contribution in [-0.2, 0) is 0 Å². The largest absolute Gasteiger partial charge is 0.310 e. The number of hydrogen-bond acceptors (Lipinski definition) is 2. The summed E-state index contributed by atoms with van der Waals surface area (Å²) in [5.41, 5.74) is 0.934. The molecule has 108 valence electrons. The van der Waals surface area contributed by atoms with Gasteiger partial charge in [-0.05, 0) is 37.2 Å². The van der Waals surface area contributed by atoms with Gasteiger partial charge >= 0.3 is 0 Å². The maximum atomic E-state index is 6.27. The van der Waals surface area contributed by atoms with E-state index in [-0.39, 0.29) is 0 Å². The minimum atomic E-state index is 0.389. The van der Waals surface area contributed by atoms with E-state index < -0.39 is 0 Å². The predicted molar refractivity (Wildman–Crippen MR) is 91.5 cm³/mol. The highest BCUT2D eigenvalue weighted by atomic mass is 35.5. The number of hydrogen-bond donors (Lipinski definition) is 1. The minimum Gasteiger partial charge on any atom is -0.310 e. The van der Waals surface area contributed by atoms with E-state index in [0.29, 0.717) is 21.1 Å². The molecule has 20 heavy (non-hydrogen) atoms. The summed E-state index contributed by atoms with van der Waals surface area (Å²) in [5, 5.41) is 5.12. The third kappa shape index (κ3) is 3.49. The molecule has 0 radical (unpaired) electrons.